The van der Waals surface area contributed by atoms with Crippen LogP contribution >= 0.6 is 0 Å². The predicted molar refractivity (Wildman–Crippen MR) is 103 cm³/mol. The van der Waals surface area contributed by atoms with Crippen molar-refractivity contribution in [3.8, 4) is 0 Å². The molecule has 0 radical (unpaired) electrons. The largest absolute Gasteiger partial charge is 0.359 e. The fourth-order valence-corrected chi connectivity index (χ4v) is 2.39. The molecule has 2 rings (SSSR count). The van der Waals surface area contributed by atoms with Crippen LogP contribution in [0.3, 0.4) is 0 Å². The summed E-state index contributed by atoms with van der Waals surface area (Å²) in [5.74, 6) is 0. The highest BCUT2D eigenvalue weighted by Gasteiger charge is 2.05. The standard InChI is InChI=1S/C21H26N2/c1-6-16(4)22-19-10-12-20(13-11-19)23-17(5)21-14-18(7-2)9-8-15(21)3/h6,8-14,22-23H,5,7H2,1-4H3. The van der Waals surface area contributed by atoms with Crippen molar-refractivity contribution in [3.05, 3.63) is 77.5 Å². The Morgan fingerprint density at radius 1 is 1.04 bits per heavy atom. The van der Waals surface area contributed by atoms with E-state index in [4.69, 9.17) is 0 Å². The van der Waals surface area contributed by atoms with Crippen molar-refractivity contribution in [1.29, 1.82) is 0 Å². The zero-order valence-electron chi connectivity index (χ0n) is 14.5. The molecule has 0 aliphatic carbocycles. The van der Waals surface area contributed by atoms with Crippen LogP contribution < -0.4 is 10.6 Å². The molecule has 2 N–H and O–H groups in total. The molecular formula is C21H26N2. The minimum Gasteiger partial charge on any atom is -0.359 e. The molecule has 23 heavy (non-hydrogen) atoms. The number of hydrogen-bond acceptors (Lipinski definition) is 2. The third kappa shape index (κ3) is 4.49. The molecule has 0 spiro atoms. The summed E-state index contributed by atoms with van der Waals surface area (Å²) in [6.45, 7) is 12.6. The number of rotatable bonds is 6. The second kappa shape index (κ2) is 7.68. The fraction of sp³-hybridized carbons (Fsp3) is 0.238. The summed E-state index contributed by atoms with van der Waals surface area (Å²) in [6, 6.07) is 14.8. The first-order valence-electron chi connectivity index (χ1n) is 8.09. The lowest BCUT2D eigenvalue weighted by Crippen LogP contribution is -2.01. The number of anilines is 2. The van der Waals surface area contributed by atoms with Crippen molar-refractivity contribution >= 4 is 17.1 Å². The topological polar surface area (TPSA) is 24.1 Å². The summed E-state index contributed by atoms with van der Waals surface area (Å²) in [4.78, 5) is 0. The van der Waals surface area contributed by atoms with E-state index in [2.05, 4.69) is 86.5 Å². The van der Waals surface area contributed by atoms with Gasteiger partial charge in [0.15, 0.2) is 0 Å². The molecule has 0 heterocycles. The molecule has 2 aromatic rings. The van der Waals surface area contributed by atoms with E-state index >= 15 is 0 Å². The molecule has 0 aliphatic heterocycles. The van der Waals surface area contributed by atoms with Crippen LogP contribution in [0, 0.1) is 6.92 Å². The first-order valence-corrected chi connectivity index (χ1v) is 8.09. The Balaban J connectivity index is 2.11. The van der Waals surface area contributed by atoms with Gasteiger partial charge in [0.2, 0.25) is 0 Å². The van der Waals surface area contributed by atoms with E-state index in [-0.39, 0.29) is 0 Å². The van der Waals surface area contributed by atoms with Gasteiger partial charge in [-0.05, 0) is 68.7 Å². The maximum Gasteiger partial charge on any atom is 0.0387 e. The lowest BCUT2D eigenvalue weighted by Gasteiger charge is -2.14. The summed E-state index contributed by atoms with van der Waals surface area (Å²) in [6.07, 6.45) is 3.09. The molecule has 0 unspecified atom stereocenters. The summed E-state index contributed by atoms with van der Waals surface area (Å²) in [5.41, 5.74) is 7.94. The highest BCUT2D eigenvalue weighted by Crippen LogP contribution is 2.23. The van der Waals surface area contributed by atoms with Crippen LogP contribution in [0.2, 0.25) is 0 Å². The Labute approximate surface area is 139 Å². The predicted octanol–water partition coefficient (Wildman–Crippen LogP) is 5.98. The molecule has 0 atom stereocenters. The lowest BCUT2D eigenvalue weighted by molar-refractivity contribution is 1.13. The third-order valence-corrected chi connectivity index (χ3v) is 3.99. The van der Waals surface area contributed by atoms with Crippen LogP contribution in [0.4, 0.5) is 11.4 Å². The molecule has 2 heteroatoms. The van der Waals surface area contributed by atoms with E-state index in [1.807, 2.05) is 6.92 Å². The molecular weight excluding hydrogens is 280 g/mol. The van der Waals surface area contributed by atoms with Crippen LogP contribution in [0.5, 0.6) is 0 Å². The van der Waals surface area contributed by atoms with Gasteiger partial charge in [-0.2, -0.15) is 0 Å². The van der Waals surface area contributed by atoms with Gasteiger partial charge >= 0.3 is 0 Å². The van der Waals surface area contributed by atoms with Gasteiger partial charge in [0.25, 0.3) is 0 Å². The second-order valence-electron chi connectivity index (χ2n) is 5.78. The SMILES string of the molecule is C=C(Nc1ccc(NC(C)=CC)cc1)c1cc(CC)ccc1C. The van der Waals surface area contributed by atoms with Gasteiger partial charge in [-0.25, -0.2) is 0 Å². The Morgan fingerprint density at radius 3 is 2.22 bits per heavy atom. The van der Waals surface area contributed by atoms with Gasteiger partial charge in [-0.3, -0.25) is 0 Å². The third-order valence-electron chi connectivity index (χ3n) is 3.99. The first kappa shape index (κ1) is 16.9. The van der Waals surface area contributed by atoms with Crippen molar-refractivity contribution in [2.24, 2.45) is 0 Å². The van der Waals surface area contributed by atoms with Crippen molar-refractivity contribution in [1.82, 2.24) is 0 Å². The minimum absolute atomic E-state index is 0.933. The lowest BCUT2D eigenvalue weighted by atomic mass is 10.0. The number of benzene rings is 2. The molecule has 120 valence electrons. The van der Waals surface area contributed by atoms with Crippen LogP contribution in [-0.2, 0) is 6.42 Å². The Morgan fingerprint density at radius 2 is 1.65 bits per heavy atom. The average Bonchev–Trinajstić information content (AvgIpc) is 2.56. The normalized spacial score (nSPS) is 11.2. The molecule has 0 saturated heterocycles. The number of hydrogen-bond donors (Lipinski definition) is 2. The summed E-state index contributed by atoms with van der Waals surface area (Å²) in [5, 5.41) is 6.75. The number of nitrogens with one attached hydrogen (secondary N) is 2. The monoisotopic (exact) mass is 306 g/mol. The van der Waals surface area contributed by atoms with Crippen molar-refractivity contribution in [2.75, 3.05) is 10.6 Å². The van der Waals surface area contributed by atoms with Gasteiger partial charge in [0, 0.05) is 28.3 Å². The summed E-state index contributed by atoms with van der Waals surface area (Å²) < 4.78 is 0. The first-order chi connectivity index (χ1) is 11.0. The Bertz CT molecular complexity index is 709. The maximum absolute atomic E-state index is 4.20. The quantitative estimate of drug-likeness (QED) is 0.686. The molecule has 0 amide bonds. The van der Waals surface area contributed by atoms with E-state index in [9.17, 15) is 0 Å². The van der Waals surface area contributed by atoms with Gasteiger partial charge in [0.1, 0.15) is 0 Å². The van der Waals surface area contributed by atoms with Gasteiger partial charge in [-0.15, -0.1) is 0 Å². The van der Waals surface area contributed by atoms with Gasteiger partial charge < -0.3 is 10.6 Å². The molecule has 0 saturated carbocycles. The smallest absolute Gasteiger partial charge is 0.0387 e. The van der Waals surface area contributed by atoms with Crippen molar-refractivity contribution in [3.63, 3.8) is 0 Å². The van der Waals surface area contributed by atoms with E-state index < -0.39 is 0 Å². The summed E-state index contributed by atoms with van der Waals surface area (Å²) >= 11 is 0. The van der Waals surface area contributed by atoms with E-state index in [1.54, 1.807) is 0 Å². The zero-order chi connectivity index (χ0) is 16.8. The van der Waals surface area contributed by atoms with Crippen LogP contribution in [-0.4, -0.2) is 0 Å². The Kier molecular flexibility index (Phi) is 5.64. The highest BCUT2D eigenvalue weighted by atomic mass is 14.9. The molecule has 0 bridgehead atoms. The zero-order valence-corrected chi connectivity index (χ0v) is 14.5. The van der Waals surface area contributed by atoms with Crippen molar-refractivity contribution in [2.45, 2.75) is 34.1 Å². The molecule has 0 aliphatic rings. The number of aryl methyl sites for hydroxylation is 2. The van der Waals surface area contributed by atoms with Crippen molar-refractivity contribution < 1.29 is 0 Å². The average molecular weight is 306 g/mol. The molecule has 0 aromatic heterocycles. The van der Waals surface area contributed by atoms with Crippen LogP contribution in [0.15, 0.2) is 60.8 Å². The molecule has 0 fully saturated rings. The second-order valence-corrected chi connectivity index (χ2v) is 5.78. The fourth-order valence-electron chi connectivity index (χ4n) is 2.39. The minimum atomic E-state index is 0.933. The Hall–Kier alpha value is -2.48. The highest BCUT2D eigenvalue weighted by molar-refractivity contribution is 5.77. The van der Waals surface area contributed by atoms with E-state index in [0.29, 0.717) is 0 Å². The van der Waals surface area contributed by atoms with Gasteiger partial charge in [0.05, 0.1) is 0 Å². The summed E-state index contributed by atoms with van der Waals surface area (Å²) in [7, 11) is 0. The molecule has 2 aromatic carbocycles. The van der Waals surface area contributed by atoms with E-state index in [0.717, 1.165) is 29.2 Å². The van der Waals surface area contributed by atoms with E-state index in [1.165, 1.54) is 16.7 Å². The van der Waals surface area contributed by atoms with Crippen LogP contribution in [0.1, 0.15) is 37.5 Å². The molecule has 2 nitrogen and oxygen atoms in total. The van der Waals surface area contributed by atoms with Gasteiger partial charge in [-0.1, -0.05) is 31.7 Å². The van der Waals surface area contributed by atoms with Crippen LogP contribution in [0.25, 0.3) is 5.70 Å². The maximum atomic E-state index is 4.20. The number of allylic oxidation sites excluding steroid dienone is 2.